The van der Waals surface area contributed by atoms with Gasteiger partial charge in [0.25, 0.3) is 0 Å². The van der Waals surface area contributed by atoms with Crippen LogP contribution < -0.4 is 10.2 Å². The molecule has 4 saturated heterocycles. The fourth-order valence-electron chi connectivity index (χ4n) is 9.51. The topological polar surface area (TPSA) is 272 Å². The Morgan fingerprint density at radius 3 is 2.26 bits per heavy atom. The number of ether oxygens (including phenoxy) is 5. The molecular weight excluding hydrogens is 982 g/mol. The van der Waals surface area contributed by atoms with Gasteiger partial charge in [0.05, 0.1) is 87.1 Å². The molecule has 5 heterocycles. The van der Waals surface area contributed by atoms with Crippen molar-refractivity contribution in [3.8, 4) is 0 Å². The molecule has 5 aliphatic rings. The fraction of sp³-hybridized carbons (Fsp3) is 0.633. The number of fused-ring (bicyclic) bond motifs is 5. The molecule has 4 bridgehead atoms. The molecule has 1 aromatic carbocycles. The number of likely N-dealkylation sites (N-methyl/N-ethyl adjacent to an activating group) is 1. The molecule has 10 atom stereocenters. The first kappa shape index (κ1) is 56.4. The third-order valence-corrected chi connectivity index (χ3v) is 15.6. The number of epoxide rings is 1. The second kappa shape index (κ2) is 23.9. The molecule has 4 N–H and O–H groups in total. The maximum Gasteiger partial charge on any atom is 0.409 e. The molecule has 396 valence electrons. The van der Waals surface area contributed by atoms with Gasteiger partial charge in [-0.15, -0.1) is 0 Å². The Bertz CT molecular complexity index is 2340. The number of thioether (sulfide) groups is 1. The number of carbonyl (C=O) groups is 8. The van der Waals surface area contributed by atoms with E-state index in [1.807, 2.05) is 6.92 Å². The van der Waals surface area contributed by atoms with Crippen molar-refractivity contribution in [2.24, 2.45) is 17.8 Å². The van der Waals surface area contributed by atoms with Crippen LogP contribution in [0.2, 0.25) is 5.02 Å². The number of alkyl carbamates (subject to hydrolysis) is 1. The molecule has 21 nitrogen and oxygen atoms in total. The van der Waals surface area contributed by atoms with Gasteiger partial charge in [-0.25, -0.2) is 9.59 Å². The Morgan fingerprint density at radius 1 is 0.986 bits per heavy atom. The number of carbonyl (C=O) groups excluding carboxylic acids is 8. The number of rotatable bonds is 17. The highest BCUT2D eigenvalue weighted by molar-refractivity contribution is 8.00. The molecule has 0 spiro atoms. The predicted octanol–water partition coefficient (Wildman–Crippen LogP) is 1.88. The second-order valence-electron chi connectivity index (χ2n) is 19.2. The van der Waals surface area contributed by atoms with Crippen LogP contribution in [-0.4, -0.2) is 185 Å². The van der Waals surface area contributed by atoms with Gasteiger partial charge >= 0.3 is 12.1 Å². The summed E-state index contributed by atoms with van der Waals surface area (Å²) >= 11 is 8.09. The number of halogens is 1. The molecule has 5 aliphatic heterocycles. The molecule has 6 rings (SSSR count). The lowest BCUT2D eigenvalue weighted by atomic mass is 9.81. The molecule has 1 aromatic rings. The quantitative estimate of drug-likeness (QED) is 0.0751. The molecule has 72 heavy (non-hydrogen) atoms. The molecule has 0 radical (unpaired) electrons. The lowest BCUT2D eigenvalue weighted by Crippen LogP contribution is -2.62. The number of aliphatic hydroxyl groups excluding tert-OH is 2. The van der Waals surface area contributed by atoms with Gasteiger partial charge in [-0.3, -0.25) is 43.9 Å². The minimum absolute atomic E-state index is 0.00205. The summed E-state index contributed by atoms with van der Waals surface area (Å²) in [6.45, 7) is 6.10. The zero-order valence-electron chi connectivity index (χ0n) is 41.6. The van der Waals surface area contributed by atoms with Crippen molar-refractivity contribution in [1.29, 1.82) is 0 Å². The van der Waals surface area contributed by atoms with Crippen molar-refractivity contribution in [2.75, 3.05) is 71.4 Å². The predicted molar refractivity (Wildman–Crippen MR) is 260 cm³/mol. The van der Waals surface area contributed by atoms with Crippen LogP contribution >= 0.6 is 23.4 Å². The first-order valence-electron chi connectivity index (χ1n) is 23.9. The minimum Gasteiger partial charge on any atom is -0.457 e. The van der Waals surface area contributed by atoms with E-state index < -0.39 is 115 Å². The number of nitrogens with zero attached hydrogens (tertiary/aromatic N) is 4. The summed E-state index contributed by atoms with van der Waals surface area (Å²) in [4.78, 5) is 110. The second-order valence-corrected chi connectivity index (χ2v) is 20.6. The molecule has 2 unspecified atom stereocenters. The molecule has 0 saturated carbocycles. The Balaban J connectivity index is 1.10. The van der Waals surface area contributed by atoms with Crippen molar-refractivity contribution >= 4 is 76.6 Å². The van der Waals surface area contributed by atoms with E-state index in [9.17, 15) is 53.7 Å². The monoisotopic (exact) mass is 1050 g/mol. The van der Waals surface area contributed by atoms with Crippen LogP contribution in [0, 0.1) is 17.8 Å². The highest BCUT2D eigenvalue weighted by Gasteiger charge is 2.64. The maximum absolute atomic E-state index is 14.3. The summed E-state index contributed by atoms with van der Waals surface area (Å²) in [5, 5.41) is 34.6. The average Bonchev–Trinajstić information content (AvgIpc) is 3.86. The summed E-state index contributed by atoms with van der Waals surface area (Å²) < 4.78 is 29.0. The number of imide groups is 2. The smallest absolute Gasteiger partial charge is 0.409 e. The largest absolute Gasteiger partial charge is 0.457 e. The number of aliphatic hydroxyl groups is 3. The third-order valence-electron chi connectivity index (χ3n) is 14.3. The van der Waals surface area contributed by atoms with Crippen molar-refractivity contribution < 1.29 is 77.4 Å². The van der Waals surface area contributed by atoms with Gasteiger partial charge in [-0.2, -0.15) is 11.8 Å². The molecule has 4 fully saturated rings. The van der Waals surface area contributed by atoms with Gasteiger partial charge in [-0.1, -0.05) is 48.4 Å². The van der Waals surface area contributed by atoms with Crippen molar-refractivity contribution in [2.45, 2.75) is 114 Å². The van der Waals surface area contributed by atoms with Crippen LogP contribution in [0.4, 0.5) is 10.5 Å². The van der Waals surface area contributed by atoms with Crippen LogP contribution in [0.25, 0.3) is 0 Å². The lowest BCUT2D eigenvalue weighted by Gasteiger charge is -2.42. The van der Waals surface area contributed by atoms with Crippen LogP contribution in [0.5, 0.6) is 0 Å². The van der Waals surface area contributed by atoms with Crippen LogP contribution in [-0.2, 0) is 70.3 Å². The lowest BCUT2D eigenvalue weighted by molar-refractivity contribution is -0.162. The van der Waals surface area contributed by atoms with Gasteiger partial charge in [0, 0.05) is 51.6 Å². The van der Waals surface area contributed by atoms with Gasteiger partial charge in [0.1, 0.15) is 23.9 Å². The maximum atomic E-state index is 14.3. The van der Waals surface area contributed by atoms with E-state index in [0.717, 1.165) is 15.4 Å². The van der Waals surface area contributed by atoms with Gasteiger partial charge in [-0.05, 0) is 50.6 Å². The van der Waals surface area contributed by atoms with E-state index in [-0.39, 0.29) is 86.6 Å². The molecule has 23 heteroatoms. The van der Waals surface area contributed by atoms with Crippen molar-refractivity contribution in [1.82, 2.24) is 20.0 Å². The highest BCUT2D eigenvalue weighted by atomic mass is 35.5. The summed E-state index contributed by atoms with van der Waals surface area (Å²) in [6, 6.07) is 2.15. The van der Waals surface area contributed by atoms with E-state index in [1.165, 1.54) is 42.6 Å². The van der Waals surface area contributed by atoms with E-state index >= 15 is 0 Å². The molecule has 0 aliphatic carbocycles. The van der Waals surface area contributed by atoms with Crippen molar-refractivity contribution in [3.05, 3.63) is 52.1 Å². The number of anilines is 1. The molecular formula is C49H66ClN5O16S. The zero-order valence-corrected chi connectivity index (χ0v) is 43.2. The summed E-state index contributed by atoms with van der Waals surface area (Å²) in [6.07, 6.45) is 2.05. The van der Waals surface area contributed by atoms with Crippen LogP contribution in [0.3, 0.4) is 0 Å². The standard InChI is InChI=1S/C49H66ClN5O16S/c1-27-9-8-10-33(26-57)49(66)24-35(69-47(65)51-49)28(2)43-48(4,71-43)37(23-39(59)53(6)34-19-30(17-27)18-32(25-56)42(34)50)70-46(64)29(3)52(5)38(58)20-31-21-40(60)54(44(31)62)11-13-67-15-16-68-14-12-55-41(61)22-36(72-7)45(55)63/h8-10,18-19,28-29,31,33,35-37,43,56-57,66H,11-17,20-26H2,1-7H3,(H,51,65)/b10-8+,27-9+/t28-,29+,31?,33+,35+,36?,37+,43+,48+,49+/m1/s1. The third kappa shape index (κ3) is 12.7. The summed E-state index contributed by atoms with van der Waals surface area (Å²) in [5.41, 5.74) is -1.15. The average molecular weight is 1050 g/mol. The first-order chi connectivity index (χ1) is 34.1. The van der Waals surface area contributed by atoms with E-state index in [1.54, 1.807) is 50.5 Å². The van der Waals surface area contributed by atoms with Crippen molar-refractivity contribution in [3.63, 3.8) is 0 Å². The molecule has 0 aromatic heterocycles. The van der Waals surface area contributed by atoms with Crippen LogP contribution in [0.1, 0.15) is 70.9 Å². The fourth-order valence-corrected chi connectivity index (χ4v) is 10.4. The number of hydrogen-bond donors (Lipinski definition) is 4. The minimum atomic E-state index is -1.94. The number of likely N-dealkylation sites (tertiary alicyclic amines) is 2. The Labute approximate surface area is 427 Å². The van der Waals surface area contributed by atoms with Gasteiger partial charge < -0.3 is 48.8 Å². The zero-order chi connectivity index (χ0) is 52.8. The Kier molecular flexibility index (Phi) is 18.7. The normalized spacial score (nSPS) is 30.6. The molecule has 7 amide bonds. The Hall–Kier alpha value is -4.94. The van der Waals surface area contributed by atoms with E-state index in [0.29, 0.717) is 17.5 Å². The highest BCUT2D eigenvalue weighted by Crippen LogP contribution is 2.49. The number of amides is 7. The number of esters is 1. The van der Waals surface area contributed by atoms with E-state index in [2.05, 4.69) is 5.32 Å². The van der Waals surface area contributed by atoms with Gasteiger partial charge in [0.2, 0.25) is 35.4 Å². The number of benzene rings is 1. The number of allylic oxidation sites excluding steroid dienone is 3. The number of hydrogen-bond acceptors (Lipinski definition) is 17. The number of nitrogens with one attached hydrogen (secondary N) is 1. The van der Waals surface area contributed by atoms with Crippen LogP contribution in [0.15, 0.2) is 35.9 Å². The Morgan fingerprint density at radius 2 is 1.64 bits per heavy atom. The summed E-state index contributed by atoms with van der Waals surface area (Å²) in [7, 11) is 2.84. The van der Waals surface area contributed by atoms with E-state index in [4.69, 9.17) is 35.3 Å². The summed E-state index contributed by atoms with van der Waals surface area (Å²) in [5.74, 6) is -6.25. The van der Waals surface area contributed by atoms with Gasteiger partial charge in [0.15, 0.2) is 5.72 Å². The SMILES string of the molecule is CSC1CC(=O)N(CCOCCOCCN2C(=O)CC(CC(=O)N(C)[C@@H](C)C(=O)O[C@H]3CC(=O)N(C)c4cc(cc(CO)c4Cl)C/C(C)=C/C=C/[C@@H](CO)[C@@]4(O)C[C@H](OC(=O)N4)[C@@H](C)[C@@H]4O[C@@]34C)C2=O)C1=O. The first-order valence-corrected chi connectivity index (χ1v) is 25.6.